The number of hydrogen-bond acceptors (Lipinski definition) is 1. The van der Waals surface area contributed by atoms with Gasteiger partial charge in [0.25, 0.3) is 5.92 Å². The van der Waals surface area contributed by atoms with Crippen LogP contribution in [-0.2, 0) is 4.79 Å². The molecule has 0 bridgehead atoms. The van der Waals surface area contributed by atoms with E-state index in [1.165, 1.54) is 0 Å². The number of hydrogen-bond donors (Lipinski definition) is 0. The quantitative estimate of drug-likeness (QED) is 0.668. The summed E-state index contributed by atoms with van der Waals surface area (Å²) in [4.78, 5) is 11.0. The van der Waals surface area contributed by atoms with E-state index in [1.807, 2.05) is 6.92 Å². The molecule has 0 amide bonds. The molecule has 0 aromatic rings. The Kier molecular flexibility index (Phi) is 3.40. The molecule has 1 aliphatic rings. The third-order valence-corrected chi connectivity index (χ3v) is 2.71. The first kappa shape index (κ1) is 10.6. The molecule has 0 N–H and O–H groups in total. The third-order valence-electron chi connectivity index (χ3n) is 2.71. The molecule has 1 aliphatic carbocycles. The van der Waals surface area contributed by atoms with Crippen LogP contribution in [0.2, 0.25) is 0 Å². The van der Waals surface area contributed by atoms with Crippen LogP contribution in [0.1, 0.15) is 45.4 Å². The molecule has 0 saturated heterocycles. The van der Waals surface area contributed by atoms with Crippen LogP contribution in [0.3, 0.4) is 0 Å². The summed E-state index contributed by atoms with van der Waals surface area (Å²) >= 11 is 0. The van der Waals surface area contributed by atoms with Gasteiger partial charge in [-0.2, -0.15) is 0 Å². The van der Waals surface area contributed by atoms with Gasteiger partial charge < -0.3 is 0 Å². The van der Waals surface area contributed by atoms with Gasteiger partial charge in [0.05, 0.1) is 0 Å². The molecule has 3 heteroatoms. The Bertz CT molecular complexity index is 189. The zero-order chi connectivity index (χ0) is 9.90. The predicted molar refractivity (Wildman–Crippen MR) is 46.8 cm³/mol. The van der Waals surface area contributed by atoms with E-state index in [1.54, 1.807) is 0 Å². The minimum absolute atomic E-state index is 0.00651. The van der Waals surface area contributed by atoms with E-state index in [2.05, 4.69) is 0 Å². The summed E-state index contributed by atoms with van der Waals surface area (Å²) in [5, 5.41) is 0. The normalized spacial score (nSPS) is 27.6. The Morgan fingerprint density at radius 1 is 1.54 bits per heavy atom. The van der Waals surface area contributed by atoms with E-state index in [9.17, 15) is 13.6 Å². The monoisotopic (exact) mass is 190 g/mol. The van der Waals surface area contributed by atoms with Gasteiger partial charge >= 0.3 is 0 Å². The SMILES string of the molecule is CCCCC1CC(=O)CCC1(F)F. The lowest BCUT2D eigenvalue weighted by Gasteiger charge is -2.30. The lowest BCUT2D eigenvalue weighted by molar-refractivity contribution is -0.138. The largest absolute Gasteiger partial charge is 0.300 e. The second-order valence-corrected chi connectivity index (χ2v) is 3.84. The molecule has 0 heterocycles. The van der Waals surface area contributed by atoms with Crippen LogP contribution < -0.4 is 0 Å². The average molecular weight is 190 g/mol. The van der Waals surface area contributed by atoms with Crippen LogP contribution in [0.4, 0.5) is 8.78 Å². The van der Waals surface area contributed by atoms with Crippen LogP contribution in [0.15, 0.2) is 0 Å². The smallest absolute Gasteiger partial charge is 0.251 e. The predicted octanol–water partition coefficient (Wildman–Crippen LogP) is 3.18. The van der Waals surface area contributed by atoms with Crippen LogP contribution in [0, 0.1) is 5.92 Å². The van der Waals surface area contributed by atoms with Crippen molar-refractivity contribution in [2.24, 2.45) is 5.92 Å². The van der Waals surface area contributed by atoms with Gasteiger partial charge in [0, 0.05) is 25.2 Å². The van der Waals surface area contributed by atoms with Crippen molar-refractivity contribution in [1.82, 2.24) is 0 Å². The lowest BCUT2D eigenvalue weighted by Crippen LogP contribution is -2.35. The van der Waals surface area contributed by atoms with Crippen molar-refractivity contribution in [3.8, 4) is 0 Å². The highest BCUT2D eigenvalue weighted by Crippen LogP contribution is 2.39. The fraction of sp³-hybridized carbons (Fsp3) is 0.900. The molecule has 1 atom stereocenters. The van der Waals surface area contributed by atoms with Crippen molar-refractivity contribution in [2.45, 2.75) is 51.4 Å². The van der Waals surface area contributed by atoms with Crippen molar-refractivity contribution in [3.63, 3.8) is 0 Å². The zero-order valence-corrected chi connectivity index (χ0v) is 7.98. The van der Waals surface area contributed by atoms with Gasteiger partial charge in [-0.3, -0.25) is 4.79 Å². The van der Waals surface area contributed by atoms with Crippen molar-refractivity contribution < 1.29 is 13.6 Å². The molecule has 0 aliphatic heterocycles. The van der Waals surface area contributed by atoms with Gasteiger partial charge in [0.15, 0.2) is 0 Å². The van der Waals surface area contributed by atoms with Gasteiger partial charge in [0.2, 0.25) is 0 Å². The van der Waals surface area contributed by atoms with Crippen LogP contribution in [0.5, 0.6) is 0 Å². The minimum atomic E-state index is -2.59. The molecule has 1 fully saturated rings. The summed E-state index contributed by atoms with van der Waals surface area (Å²) in [6.07, 6.45) is 2.13. The van der Waals surface area contributed by atoms with Gasteiger partial charge in [-0.25, -0.2) is 8.78 Å². The lowest BCUT2D eigenvalue weighted by atomic mass is 9.82. The van der Waals surface area contributed by atoms with Crippen LogP contribution >= 0.6 is 0 Å². The first-order valence-corrected chi connectivity index (χ1v) is 4.96. The fourth-order valence-corrected chi connectivity index (χ4v) is 1.80. The van der Waals surface area contributed by atoms with Gasteiger partial charge in [-0.1, -0.05) is 19.8 Å². The van der Waals surface area contributed by atoms with E-state index in [4.69, 9.17) is 0 Å². The molecule has 1 saturated carbocycles. The standard InChI is InChI=1S/C10H16F2O/c1-2-3-4-8-7-9(13)5-6-10(8,11)12/h8H,2-7H2,1H3. The van der Waals surface area contributed by atoms with E-state index < -0.39 is 11.8 Å². The van der Waals surface area contributed by atoms with Crippen molar-refractivity contribution in [3.05, 3.63) is 0 Å². The Morgan fingerprint density at radius 3 is 2.85 bits per heavy atom. The highest BCUT2D eigenvalue weighted by Gasteiger charge is 2.43. The Morgan fingerprint density at radius 2 is 2.23 bits per heavy atom. The van der Waals surface area contributed by atoms with E-state index >= 15 is 0 Å². The molecular formula is C10H16F2O. The fourth-order valence-electron chi connectivity index (χ4n) is 1.80. The molecule has 0 spiro atoms. The van der Waals surface area contributed by atoms with Crippen LogP contribution in [-0.4, -0.2) is 11.7 Å². The molecule has 0 aromatic carbocycles. The topological polar surface area (TPSA) is 17.1 Å². The summed E-state index contributed by atoms with van der Waals surface area (Å²) in [5.41, 5.74) is 0. The summed E-state index contributed by atoms with van der Waals surface area (Å²) in [6, 6.07) is 0. The maximum atomic E-state index is 13.2. The van der Waals surface area contributed by atoms with Crippen molar-refractivity contribution >= 4 is 5.78 Å². The number of carbonyl (C=O) groups excluding carboxylic acids is 1. The third kappa shape index (κ3) is 2.75. The van der Waals surface area contributed by atoms with Gasteiger partial charge in [0.1, 0.15) is 5.78 Å². The van der Waals surface area contributed by atoms with Crippen molar-refractivity contribution in [2.75, 3.05) is 0 Å². The first-order chi connectivity index (χ1) is 6.06. The molecule has 1 unspecified atom stereocenters. The molecule has 13 heavy (non-hydrogen) atoms. The number of halogens is 2. The summed E-state index contributed by atoms with van der Waals surface area (Å²) in [5.74, 6) is -3.27. The average Bonchev–Trinajstić information content (AvgIpc) is 2.07. The summed E-state index contributed by atoms with van der Waals surface area (Å²) in [7, 11) is 0. The highest BCUT2D eigenvalue weighted by molar-refractivity contribution is 5.79. The molecule has 1 rings (SSSR count). The van der Waals surface area contributed by atoms with E-state index in [0.717, 1.165) is 12.8 Å². The Balaban J connectivity index is 2.50. The van der Waals surface area contributed by atoms with Crippen molar-refractivity contribution in [1.29, 1.82) is 0 Å². The first-order valence-electron chi connectivity index (χ1n) is 4.96. The molecular weight excluding hydrogens is 174 g/mol. The number of unbranched alkanes of at least 4 members (excludes halogenated alkanes) is 1. The van der Waals surface area contributed by atoms with Crippen LogP contribution in [0.25, 0.3) is 0 Å². The van der Waals surface area contributed by atoms with E-state index in [0.29, 0.717) is 6.42 Å². The molecule has 0 aromatic heterocycles. The maximum Gasteiger partial charge on any atom is 0.251 e. The maximum absolute atomic E-state index is 13.2. The van der Waals surface area contributed by atoms with E-state index in [-0.39, 0.29) is 25.0 Å². The molecule has 76 valence electrons. The summed E-state index contributed by atoms with van der Waals surface area (Å²) in [6.45, 7) is 1.97. The number of Topliss-reactive ketones (excluding diaryl/α,β-unsaturated/α-hetero) is 1. The number of ketones is 1. The summed E-state index contributed by atoms with van der Waals surface area (Å²) < 4.78 is 26.4. The second-order valence-electron chi connectivity index (χ2n) is 3.84. The minimum Gasteiger partial charge on any atom is -0.300 e. The molecule has 1 nitrogen and oxygen atoms in total. The Labute approximate surface area is 77.5 Å². The zero-order valence-electron chi connectivity index (χ0n) is 7.98. The van der Waals surface area contributed by atoms with Gasteiger partial charge in [-0.05, 0) is 6.42 Å². The van der Waals surface area contributed by atoms with Gasteiger partial charge in [-0.15, -0.1) is 0 Å². The molecule has 0 radical (unpaired) electrons. The number of rotatable bonds is 3. The number of alkyl halides is 2. The Hall–Kier alpha value is -0.470. The number of carbonyl (C=O) groups is 1. The highest BCUT2D eigenvalue weighted by atomic mass is 19.3. The second kappa shape index (κ2) is 4.16.